The quantitative estimate of drug-likeness (QED) is 0.312. The molecule has 0 saturated carbocycles. The third-order valence-corrected chi connectivity index (χ3v) is 4.45. The van der Waals surface area contributed by atoms with E-state index in [0.717, 1.165) is 31.2 Å². The van der Waals surface area contributed by atoms with Gasteiger partial charge in [-0.05, 0) is 50.6 Å². The summed E-state index contributed by atoms with van der Waals surface area (Å²) < 4.78 is 29.6. The Morgan fingerprint density at radius 2 is 2.15 bits per heavy atom. The second kappa shape index (κ2) is 13.1. The molecule has 5 nitrogen and oxygen atoms in total. The number of ether oxygens (including phenoxy) is 1. The van der Waals surface area contributed by atoms with Crippen LogP contribution < -0.4 is 15.4 Å². The standard InChI is InChI=1S/C19H30F2N4O.HI/c1-3-22-19(24-13-16-8-6-10-25(16)4-2)23-12-15-7-5-9-17(11-15)26-14-18(20)21;/h5,7,9,11,16,18H,3-4,6,8,10,12-14H2,1-2H3,(H2,22,23,24);1H. The first-order valence-corrected chi connectivity index (χ1v) is 9.38. The van der Waals surface area contributed by atoms with Crippen molar-refractivity contribution in [3.05, 3.63) is 29.8 Å². The SMILES string of the molecule is CCNC(=NCc1cccc(OCC(F)F)c1)NCC1CCCN1CC.I. The lowest BCUT2D eigenvalue weighted by Gasteiger charge is -2.24. The van der Waals surface area contributed by atoms with Crippen molar-refractivity contribution < 1.29 is 13.5 Å². The lowest BCUT2D eigenvalue weighted by molar-refractivity contribution is 0.0818. The third-order valence-electron chi connectivity index (χ3n) is 4.45. The Morgan fingerprint density at radius 1 is 1.33 bits per heavy atom. The van der Waals surface area contributed by atoms with Gasteiger partial charge in [-0.1, -0.05) is 19.1 Å². The molecule has 0 bridgehead atoms. The van der Waals surface area contributed by atoms with Crippen LogP contribution in [0.1, 0.15) is 32.3 Å². The molecular weight excluding hydrogens is 465 g/mol. The van der Waals surface area contributed by atoms with Crippen molar-refractivity contribution in [3.8, 4) is 5.75 Å². The lowest BCUT2D eigenvalue weighted by atomic mass is 10.2. The van der Waals surface area contributed by atoms with Gasteiger partial charge in [-0.15, -0.1) is 24.0 Å². The number of nitrogens with zero attached hydrogens (tertiary/aromatic N) is 2. The van der Waals surface area contributed by atoms with Crippen molar-refractivity contribution >= 4 is 29.9 Å². The van der Waals surface area contributed by atoms with E-state index in [1.54, 1.807) is 18.2 Å². The van der Waals surface area contributed by atoms with E-state index in [0.29, 0.717) is 18.3 Å². The largest absolute Gasteiger partial charge is 0.488 e. The second-order valence-electron chi connectivity index (χ2n) is 6.35. The molecule has 2 rings (SSSR count). The average molecular weight is 496 g/mol. The summed E-state index contributed by atoms with van der Waals surface area (Å²) in [4.78, 5) is 7.09. The predicted octanol–water partition coefficient (Wildman–Crippen LogP) is 3.49. The molecule has 8 heteroatoms. The molecule has 1 aliphatic rings. The predicted molar refractivity (Wildman–Crippen MR) is 116 cm³/mol. The molecule has 0 spiro atoms. The number of guanidine groups is 1. The van der Waals surface area contributed by atoms with Gasteiger partial charge < -0.3 is 15.4 Å². The minimum absolute atomic E-state index is 0. The fourth-order valence-electron chi connectivity index (χ4n) is 3.16. The van der Waals surface area contributed by atoms with E-state index in [-0.39, 0.29) is 24.0 Å². The maximum Gasteiger partial charge on any atom is 0.272 e. The number of rotatable bonds is 9. The zero-order valence-electron chi connectivity index (χ0n) is 16.1. The number of benzene rings is 1. The average Bonchev–Trinajstić information content (AvgIpc) is 3.10. The number of likely N-dealkylation sites (tertiary alicyclic amines) is 1. The molecule has 1 saturated heterocycles. The van der Waals surface area contributed by atoms with Gasteiger partial charge in [-0.25, -0.2) is 13.8 Å². The van der Waals surface area contributed by atoms with Crippen molar-refractivity contribution in [2.75, 3.05) is 32.8 Å². The minimum atomic E-state index is -2.47. The van der Waals surface area contributed by atoms with Crippen molar-refractivity contribution in [3.63, 3.8) is 0 Å². The van der Waals surface area contributed by atoms with Gasteiger partial charge in [-0.3, -0.25) is 4.90 Å². The number of hydrogen-bond donors (Lipinski definition) is 2. The highest BCUT2D eigenvalue weighted by Gasteiger charge is 2.22. The van der Waals surface area contributed by atoms with Gasteiger partial charge in [0.2, 0.25) is 0 Å². The fourth-order valence-corrected chi connectivity index (χ4v) is 3.16. The first kappa shape index (κ1) is 23.9. The molecule has 1 aromatic rings. The number of alkyl halides is 2. The first-order valence-electron chi connectivity index (χ1n) is 9.38. The summed E-state index contributed by atoms with van der Waals surface area (Å²) in [7, 11) is 0. The Morgan fingerprint density at radius 3 is 2.85 bits per heavy atom. The van der Waals surface area contributed by atoms with E-state index >= 15 is 0 Å². The van der Waals surface area contributed by atoms with E-state index in [4.69, 9.17) is 4.74 Å². The topological polar surface area (TPSA) is 48.9 Å². The van der Waals surface area contributed by atoms with E-state index < -0.39 is 13.0 Å². The molecule has 1 unspecified atom stereocenters. The first-order chi connectivity index (χ1) is 12.6. The Hall–Kier alpha value is -1.16. The molecule has 1 aromatic carbocycles. The molecule has 1 aliphatic heterocycles. The van der Waals surface area contributed by atoms with Crippen LogP contribution in [0.25, 0.3) is 0 Å². The van der Waals surface area contributed by atoms with E-state index in [2.05, 4.69) is 27.4 Å². The van der Waals surface area contributed by atoms with Crippen LogP contribution in [0.15, 0.2) is 29.3 Å². The Bertz CT molecular complexity index is 574. The highest BCUT2D eigenvalue weighted by Crippen LogP contribution is 2.16. The smallest absolute Gasteiger partial charge is 0.272 e. The molecule has 2 N–H and O–H groups in total. The summed E-state index contributed by atoms with van der Waals surface area (Å²) in [5.41, 5.74) is 0.921. The van der Waals surface area contributed by atoms with Crippen LogP contribution in [-0.2, 0) is 6.54 Å². The normalized spacial score (nSPS) is 17.7. The van der Waals surface area contributed by atoms with Crippen molar-refractivity contribution in [1.29, 1.82) is 0 Å². The van der Waals surface area contributed by atoms with Crippen LogP contribution in [0.2, 0.25) is 0 Å². The fraction of sp³-hybridized carbons (Fsp3) is 0.632. The zero-order chi connectivity index (χ0) is 18.8. The highest BCUT2D eigenvalue weighted by atomic mass is 127. The molecule has 0 radical (unpaired) electrons. The summed E-state index contributed by atoms with van der Waals surface area (Å²) in [6.45, 7) is 8.00. The lowest BCUT2D eigenvalue weighted by Crippen LogP contribution is -2.44. The van der Waals surface area contributed by atoms with Crippen molar-refractivity contribution in [2.24, 2.45) is 4.99 Å². The second-order valence-corrected chi connectivity index (χ2v) is 6.35. The van der Waals surface area contributed by atoms with E-state index in [1.807, 2.05) is 13.0 Å². The third kappa shape index (κ3) is 8.59. The maximum atomic E-state index is 12.3. The van der Waals surface area contributed by atoms with Gasteiger partial charge in [-0.2, -0.15) is 0 Å². The molecule has 1 heterocycles. The molecular formula is C19H31F2IN4O. The summed E-state index contributed by atoms with van der Waals surface area (Å²) in [5, 5.41) is 6.67. The highest BCUT2D eigenvalue weighted by molar-refractivity contribution is 14.0. The van der Waals surface area contributed by atoms with Gasteiger partial charge >= 0.3 is 0 Å². The van der Waals surface area contributed by atoms with Crippen LogP contribution in [-0.4, -0.2) is 56.1 Å². The monoisotopic (exact) mass is 496 g/mol. The summed E-state index contributed by atoms with van der Waals surface area (Å²) >= 11 is 0. The molecule has 0 aliphatic carbocycles. The van der Waals surface area contributed by atoms with Gasteiger partial charge in [0.15, 0.2) is 5.96 Å². The number of likely N-dealkylation sites (N-methyl/N-ethyl adjacent to an activating group) is 1. The number of nitrogens with one attached hydrogen (secondary N) is 2. The van der Waals surface area contributed by atoms with E-state index in [1.165, 1.54) is 19.4 Å². The van der Waals surface area contributed by atoms with Crippen LogP contribution in [0.3, 0.4) is 0 Å². The molecule has 0 amide bonds. The Kier molecular flexibility index (Phi) is 11.6. The number of aliphatic imine (C=N–C) groups is 1. The van der Waals surface area contributed by atoms with Gasteiger partial charge in [0.05, 0.1) is 6.54 Å². The minimum Gasteiger partial charge on any atom is -0.488 e. The van der Waals surface area contributed by atoms with Gasteiger partial charge in [0.1, 0.15) is 12.4 Å². The molecule has 1 fully saturated rings. The maximum absolute atomic E-state index is 12.3. The number of hydrogen-bond acceptors (Lipinski definition) is 3. The Balaban J connectivity index is 0.00000364. The number of halogens is 3. The van der Waals surface area contributed by atoms with Crippen LogP contribution >= 0.6 is 24.0 Å². The van der Waals surface area contributed by atoms with Crippen molar-refractivity contribution in [1.82, 2.24) is 15.5 Å². The summed E-state index contributed by atoms with van der Waals surface area (Å²) in [6.07, 6.45) is -0.0113. The van der Waals surface area contributed by atoms with Crippen LogP contribution in [0.5, 0.6) is 5.75 Å². The zero-order valence-corrected chi connectivity index (χ0v) is 18.4. The summed E-state index contributed by atoms with van der Waals surface area (Å²) in [6, 6.07) is 7.70. The van der Waals surface area contributed by atoms with Crippen molar-refractivity contribution in [2.45, 2.75) is 45.7 Å². The van der Waals surface area contributed by atoms with Crippen LogP contribution in [0.4, 0.5) is 8.78 Å². The molecule has 154 valence electrons. The van der Waals surface area contributed by atoms with Crippen LogP contribution in [0, 0.1) is 0 Å². The van der Waals surface area contributed by atoms with Gasteiger partial charge in [0.25, 0.3) is 6.43 Å². The molecule has 1 atom stereocenters. The molecule has 27 heavy (non-hydrogen) atoms. The van der Waals surface area contributed by atoms with E-state index in [9.17, 15) is 8.78 Å². The van der Waals surface area contributed by atoms with Gasteiger partial charge in [0, 0.05) is 19.1 Å². The summed E-state index contributed by atoms with van der Waals surface area (Å²) in [5.74, 6) is 1.22. The molecule has 0 aromatic heterocycles. The Labute approximate surface area is 178 Å².